The first kappa shape index (κ1) is 20.3. The summed E-state index contributed by atoms with van der Waals surface area (Å²) in [4.78, 5) is 11.8. The molecule has 138 valence electrons. The summed E-state index contributed by atoms with van der Waals surface area (Å²) in [5, 5.41) is 6.90. The molecule has 0 aromatic heterocycles. The van der Waals surface area contributed by atoms with E-state index in [0.717, 1.165) is 29.3 Å². The minimum Gasteiger partial charge on any atom is -0.465 e. The third-order valence-corrected chi connectivity index (χ3v) is 5.29. The van der Waals surface area contributed by atoms with Gasteiger partial charge in [0.2, 0.25) is 0 Å². The fourth-order valence-corrected chi connectivity index (χ4v) is 3.61. The van der Waals surface area contributed by atoms with Gasteiger partial charge in [0.1, 0.15) is 0 Å². The lowest BCUT2D eigenvalue weighted by molar-refractivity contribution is 0.0600. The second-order valence-electron chi connectivity index (χ2n) is 5.83. The van der Waals surface area contributed by atoms with E-state index in [2.05, 4.69) is 41.8 Å². The van der Waals surface area contributed by atoms with E-state index in [-0.39, 0.29) is 5.97 Å². The molecule has 6 heteroatoms. The van der Waals surface area contributed by atoms with Crippen molar-refractivity contribution in [2.45, 2.75) is 19.6 Å². The van der Waals surface area contributed by atoms with E-state index in [0.29, 0.717) is 10.7 Å². The van der Waals surface area contributed by atoms with Crippen LogP contribution in [-0.4, -0.2) is 30.5 Å². The molecule has 0 unspecified atom stereocenters. The van der Waals surface area contributed by atoms with E-state index >= 15 is 0 Å². The third-order valence-electron chi connectivity index (χ3n) is 4.04. The fraction of sp³-hybridized carbons (Fsp3) is 0.300. The summed E-state index contributed by atoms with van der Waals surface area (Å²) >= 11 is 7.22. The molecule has 26 heavy (non-hydrogen) atoms. The van der Waals surface area contributed by atoms with Crippen LogP contribution >= 0.6 is 24.0 Å². The normalized spacial score (nSPS) is 10.3. The number of rotatable bonds is 7. The maximum atomic E-state index is 11.8. The zero-order chi connectivity index (χ0) is 18.9. The van der Waals surface area contributed by atoms with Crippen molar-refractivity contribution >= 4 is 40.7 Å². The first-order valence-electron chi connectivity index (χ1n) is 8.38. The molecule has 2 rings (SSSR count). The highest BCUT2D eigenvalue weighted by atomic mass is 32.2. The number of aryl methyl sites for hydroxylation is 1. The zero-order valence-electron chi connectivity index (χ0n) is 15.3. The van der Waals surface area contributed by atoms with Gasteiger partial charge in [-0.2, -0.15) is 11.8 Å². The summed E-state index contributed by atoms with van der Waals surface area (Å²) in [5.74, 6) is 1.60. The standard InChI is InChI=1S/C20H24N2O2S2/c1-14-7-4-5-8-16(14)13-26-12-11-21-20(25)22-18-10-6-9-17(15(18)2)19(23)24-3/h4-10H,11-13H2,1-3H3,(H2,21,22,25). The second kappa shape index (κ2) is 10.2. The van der Waals surface area contributed by atoms with Gasteiger partial charge in [0.25, 0.3) is 0 Å². The number of anilines is 1. The smallest absolute Gasteiger partial charge is 0.338 e. The van der Waals surface area contributed by atoms with Crippen LogP contribution in [0.3, 0.4) is 0 Å². The Hall–Kier alpha value is -2.05. The molecule has 0 radical (unpaired) electrons. The molecular weight excluding hydrogens is 364 g/mol. The molecular formula is C20H24N2O2S2. The summed E-state index contributed by atoms with van der Waals surface area (Å²) in [5.41, 5.74) is 4.85. The molecule has 2 aromatic rings. The van der Waals surface area contributed by atoms with Gasteiger partial charge in [-0.25, -0.2) is 4.79 Å². The molecule has 0 atom stereocenters. The Balaban J connectivity index is 1.77. The van der Waals surface area contributed by atoms with Gasteiger partial charge in [-0.15, -0.1) is 0 Å². The molecule has 0 heterocycles. The summed E-state index contributed by atoms with van der Waals surface area (Å²) in [6.45, 7) is 4.78. The van der Waals surface area contributed by atoms with Gasteiger partial charge in [-0.1, -0.05) is 30.3 Å². The average molecular weight is 389 g/mol. The lowest BCUT2D eigenvalue weighted by Gasteiger charge is -2.14. The van der Waals surface area contributed by atoms with Crippen molar-refractivity contribution in [2.24, 2.45) is 0 Å². The molecule has 0 saturated heterocycles. The number of thiocarbonyl (C=S) groups is 1. The van der Waals surface area contributed by atoms with Crippen LogP contribution in [-0.2, 0) is 10.5 Å². The molecule has 0 bridgehead atoms. The van der Waals surface area contributed by atoms with Crippen LogP contribution in [0.15, 0.2) is 42.5 Å². The molecule has 0 aliphatic heterocycles. The highest BCUT2D eigenvalue weighted by molar-refractivity contribution is 7.98. The quantitative estimate of drug-likeness (QED) is 0.419. The number of hydrogen-bond donors (Lipinski definition) is 2. The van der Waals surface area contributed by atoms with Gasteiger partial charge in [-0.05, 0) is 54.9 Å². The third kappa shape index (κ3) is 5.75. The number of hydrogen-bond acceptors (Lipinski definition) is 4. The van der Waals surface area contributed by atoms with Crippen molar-refractivity contribution in [3.05, 3.63) is 64.7 Å². The number of thioether (sulfide) groups is 1. The number of carbonyl (C=O) groups excluding carboxylic acids is 1. The Morgan fingerprint density at radius 2 is 1.92 bits per heavy atom. The molecule has 0 amide bonds. The van der Waals surface area contributed by atoms with Crippen molar-refractivity contribution in [3.8, 4) is 0 Å². The summed E-state index contributed by atoms with van der Waals surface area (Å²) in [7, 11) is 1.38. The van der Waals surface area contributed by atoms with Gasteiger partial charge in [0, 0.05) is 23.7 Å². The molecule has 0 spiro atoms. The van der Waals surface area contributed by atoms with E-state index in [1.165, 1.54) is 18.2 Å². The van der Waals surface area contributed by atoms with Crippen LogP contribution in [0, 0.1) is 13.8 Å². The van der Waals surface area contributed by atoms with Gasteiger partial charge in [0.15, 0.2) is 5.11 Å². The predicted octanol–water partition coefficient (Wildman–Crippen LogP) is 4.31. The number of ether oxygens (including phenoxy) is 1. The highest BCUT2D eigenvalue weighted by Gasteiger charge is 2.12. The molecule has 4 nitrogen and oxygen atoms in total. The maximum Gasteiger partial charge on any atom is 0.338 e. The van der Waals surface area contributed by atoms with Crippen LogP contribution in [0.2, 0.25) is 0 Å². The molecule has 0 aliphatic rings. The molecule has 2 aromatic carbocycles. The first-order valence-corrected chi connectivity index (χ1v) is 9.94. The number of nitrogens with one attached hydrogen (secondary N) is 2. The highest BCUT2D eigenvalue weighted by Crippen LogP contribution is 2.19. The SMILES string of the molecule is COC(=O)c1cccc(NC(=S)NCCSCc2ccccc2C)c1C. The Morgan fingerprint density at radius 3 is 2.65 bits per heavy atom. The Morgan fingerprint density at radius 1 is 1.15 bits per heavy atom. The second-order valence-corrected chi connectivity index (χ2v) is 7.34. The lowest BCUT2D eigenvalue weighted by Crippen LogP contribution is -2.30. The maximum absolute atomic E-state index is 11.8. The van der Waals surface area contributed by atoms with Crippen molar-refractivity contribution in [3.63, 3.8) is 0 Å². The van der Waals surface area contributed by atoms with E-state index < -0.39 is 0 Å². The zero-order valence-corrected chi connectivity index (χ0v) is 16.9. The van der Waals surface area contributed by atoms with Gasteiger partial charge in [-0.3, -0.25) is 0 Å². The number of esters is 1. The predicted molar refractivity (Wildman–Crippen MR) is 114 cm³/mol. The molecule has 0 saturated carbocycles. The van der Waals surface area contributed by atoms with Gasteiger partial charge >= 0.3 is 5.97 Å². The van der Waals surface area contributed by atoms with Crippen LogP contribution in [0.1, 0.15) is 27.0 Å². The number of methoxy groups -OCH3 is 1. The van der Waals surface area contributed by atoms with Gasteiger partial charge in [0.05, 0.1) is 12.7 Å². The van der Waals surface area contributed by atoms with Crippen LogP contribution in [0.25, 0.3) is 0 Å². The van der Waals surface area contributed by atoms with Crippen LogP contribution in [0.5, 0.6) is 0 Å². The molecule has 0 aliphatic carbocycles. The minimum absolute atomic E-state index is 0.349. The first-order chi connectivity index (χ1) is 12.5. The number of benzene rings is 2. The lowest BCUT2D eigenvalue weighted by atomic mass is 10.1. The van der Waals surface area contributed by atoms with E-state index in [1.54, 1.807) is 6.07 Å². The van der Waals surface area contributed by atoms with Crippen LogP contribution < -0.4 is 10.6 Å². The van der Waals surface area contributed by atoms with Gasteiger partial charge < -0.3 is 15.4 Å². The van der Waals surface area contributed by atoms with Crippen molar-refractivity contribution in [1.82, 2.24) is 5.32 Å². The van der Waals surface area contributed by atoms with E-state index in [9.17, 15) is 4.79 Å². The summed E-state index contributed by atoms with van der Waals surface area (Å²) in [6.07, 6.45) is 0. The average Bonchev–Trinajstić information content (AvgIpc) is 2.64. The molecule has 2 N–H and O–H groups in total. The van der Waals surface area contributed by atoms with Crippen molar-refractivity contribution < 1.29 is 9.53 Å². The Bertz CT molecular complexity index is 778. The largest absolute Gasteiger partial charge is 0.465 e. The number of carbonyl (C=O) groups is 1. The Labute approximate surface area is 164 Å². The monoisotopic (exact) mass is 388 g/mol. The Kier molecular flexibility index (Phi) is 7.94. The van der Waals surface area contributed by atoms with Crippen LogP contribution in [0.4, 0.5) is 5.69 Å². The molecule has 0 fully saturated rings. The fourth-order valence-electron chi connectivity index (χ4n) is 2.46. The van der Waals surface area contributed by atoms with Crippen molar-refractivity contribution in [2.75, 3.05) is 24.7 Å². The summed E-state index contributed by atoms with van der Waals surface area (Å²) in [6, 6.07) is 13.9. The topological polar surface area (TPSA) is 50.4 Å². The van der Waals surface area contributed by atoms with Crippen molar-refractivity contribution in [1.29, 1.82) is 0 Å². The van der Waals surface area contributed by atoms with E-state index in [1.807, 2.05) is 30.8 Å². The van der Waals surface area contributed by atoms with E-state index in [4.69, 9.17) is 17.0 Å². The minimum atomic E-state index is -0.349. The summed E-state index contributed by atoms with van der Waals surface area (Å²) < 4.78 is 4.80.